The number of thioether (sulfide) groups is 1. The zero-order valence-electron chi connectivity index (χ0n) is 17.5. The SMILES string of the molecule is N#C/C(C(=O)Nc1ccc(F)cc1)=C1\S[C@H](Cc2cc(Cl)ccc2Cl)C(=O)N1c1ccccc1. The second-order valence-electron chi connectivity index (χ2n) is 7.31. The van der Waals surface area contributed by atoms with Crippen molar-refractivity contribution >= 4 is 58.2 Å². The number of carbonyl (C=O) groups excluding carboxylic acids is 2. The molecule has 1 saturated heterocycles. The molecule has 3 aromatic carbocycles. The Morgan fingerprint density at radius 1 is 1.09 bits per heavy atom. The van der Waals surface area contributed by atoms with Gasteiger partial charge in [0.25, 0.3) is 5.91 Å². The van der Waals surface area contributed by atoms with E-state index in [4.69, 9.17) is 23.2 Å². The third-order valence-corrected chi connectivity index (χ3v) is 6.90. The fraction of sp³-hybridized carbons (Fsp3) is 0.0800. The fourth-order valence-corrected chi connectivity index (χ4v) is 5.11. The number of nitrogens with one attached hydrogen (secondary N) is 1. The molecule has 2 amide bonds. The number of anilines is 2. The van der Waals surface area contributed by atoms with Crippen molar-refractivity contribution in [2.75, 3.05) is 10.2 Å². The van der Waals surface area contributed by atoms with Gasteiger partial charge in [0, 0.05) is 21.4 Å². The van der Waals surface area contributed by atoms with Crippen molar-refractivity contribution in [2.45, 2.75) is 11.7 Å². The smallest absolute Gasteiger partial charge is 0.269 e. The number of hydrogen-bond acceptors (Lipinski definition) is 4. The lowest BCUT2D eigenvalue weighted by Crippen LogP contribution is -2.30. The Morgan fingerprint density at radius 3 is 2.47 bits per heavy atom. The predicted molar refractivity (Wildman–Crippen MR) is 133 cm³/mol. The van der Waals surface area contributed by atoms with E-state index in [1.807, 2.05) is 6.07 Å². The molecular formula is C25H16Cl2FN3O2S. The van der Waals surface area contributed by atoms with Crippen LogP contribution < -0.4 is 10.2 Å². The van der Waals surface area contributed by atoms with Crippen LogP contribution in [0.3, 0.4) is 0 Å². The molecule has 1 heterocycles. The fourth-order valence-electron chi connectivity index (χ4n) is 3.43. The van der Waals surface area contributed by atoms with Gasteiger partial charge in [-0.3, -0.25) is 14.5 Å². The Balaban J connectivity index is 1.72. The molecule has 34 heavy (non-hydrogen) atoms. The molecule has 170 valence electrons. The second kappa shape index (κ2) is 10.3. The van der Waals surface area contributed by atoms with Gasteiger partial charge in [-0.15, -0.1) is 0 Å². The monoisotopic (exact) mass is 511 g/mol. The van der Waals surface area contributed by atoms with Gasteiger partial charge < -0.3 is 5.32 Å². The number of benzene rings is 3. The summed E-state index contributed by atoms with van der Waals surface area (Å²) in [6, 6.07) is 20.9. The molecule has 0 saturated carbocycles. The van der Waals surface area contributed by atoms with Crippen LogP contribution in [0, 0.1) is 17.1 Å². The van der Waals surface area contributed by atoms with E-state index in [1.54, 1.807) is 48.5 Å². The first kappa shape index (κ1) is 23.8. The van der Waals surface area contributed by atoms with E-state index in [0.29, 0.717) is 27.0 Å². The van der Waals surface area contributed by atoms with Gasteiger partial charge in [0.05, 0.1) is 5.25 Å². The number of para-hydroxylation sites is 1. The lowest BCUT2D eigenvalue weighted by molar-refractivity contribution is -0.117. The Morgan fingerprint density at radius 2 is 1.79 bits per heavy atom. The predicted octanol–water partition coefficient (Wildman–Crippen LogP) is 6.20. The van der Waals surface area contributed by atoms with Crippen molar-refractivity contribution in [3.05, 3.63) is 105 Å². The molecule has 0 spiro atoms. The highest BCUT2D eigenvalue weighted by atomic mass is 35.5. The van der Waals surface area contributed by atoms with Crippen LogP contribution in [0.25, 0.3) is 0 Å². The molecule has 0 aliphatic carbocycles. The maximum absolute atomic E-state index is 13.5. The van der Waals surface area contributed by atoms with Crippen LogP contribution in [0.1, 0.15) is 5.56 Å². The number of halogens is 3. The lowest BCUT2D eigenvalue weighted by atomic mass is 10.1. The lowest BCUT2D eigenvalue weighted by Gasteiger charge is -2.18. The highest BCUT2D eigenvalue weighted by Crippen LogP contribution is 2.42. The second-order valence-corrected chi connectivity index (χ2v) is 9.34. The largest absolute Gasteiger partial charge is 0.321 e. The van der Waals surface area contributed by atoms with Crippen LogP contribution >= 0.6 is 35.0 Å². The third-order valence-electron chi connectivity index (χ3n) is 5.04. The number of nitriles is 1. The average Bonchev–Trinajstić information content (AvgIpc) is 3.14. The first-order valence-electron chi connectivity index (χ1n) is 10.1. The quantitative estimate of drug-likeness (QED) is 0.327. The van der Waals surface area contributed by atoms with Gasteiger partial charge in [0.2, 0.25) is 5.91 Å². The van der Waals surface area contributed by atoms with Gasteiger partial charge >= 0.3 is 0 Å². The molecule has 0 radical (unpaired) electrons. The van der Waals surface area contributed by atoms with Gasteiger partial charge in [0.1, 0.15) is 22.5 Å². The minimum atomic E-state index is -0.702. The molecule has 1 aliphatic rings. The van der Waals surface area contributed by atoms with Crippen LogP contribution in [0.5, 0.6) is 0 Å². The molecule has 0 bridgehead atoms. The summed E-state index contributed by atoms with van der Waals surface area (Å²) in [6.45, 7) is 0. The summed E-state index contributed by atoms with van der Waals surface area (Å²) in [5.41, 5.74) is 1.30. The van der Waals surface area contributed by atoms with Crippen LogP contribution in [0.4, 0.5) is 15.8 Å². The topological polar surface area (TPSA) is 73.2 Å². The van der Waals surface area contributed by atoms with E-state index in [-0.39, 0.29) is 22.9 Å². The summed E-state index contributed by atoms with van der Waals surface area (Å²) in [4.78, 5) is 27.8. The number of rotatable bonds is 5. The van der Waals surface area contributed by atoms with Crippen LogP contribution in [-0.4, -0.2) is 17.1 Å². The van der Waals surface area contributed by atoms with Gasteiger partial charge in [-0.1, -0.05) is 53.2 Å². The Labute approximate surface area is 209 Å². The molecule has 1 N–H and O–H groups in total. The first-order chi connectivity index (χ1) is 16.4. The van der Waals surface area contributed by atoms with E-state index in [9.17, 15) is 19.2 Å². The van der Waals surface area contributed by atoms with Crippen molar-refractivity contribution < 1.29 is 14.0 Å². The van der Waals surface area contributed by atoms with Crippen molar-refractivity contribution in [3.8, 4) is 6.07 Å². The summed E-state index contributed by atoms with van der Waals surface area (Å²) in [6.07, 6.45) is 0.258. The Hall–Kier alpha value is -3.31. The summed E-state index contributed by atoms with van der Waals surface area (Å²) in [7, 11) is 0. The zero-order valence-corrected chi connectivity index (χ0v) is 19.8. The molecule has 3 aromatic rings. The average molecular weight is 512 g/mol. The Bertz CT molecular complexity index is 1320. The van der Waals surface area contributed by atoms with Crippen molar-refractivity contribution in [2.24, 2.45) is 0 Å². The maximum Gasteiger partial charge on any atom is 0.269 e. The first-order valence-corrected chi connectivity index (χ1v) is 11.7. The zero-order chi connectivity index (χ0) is 24.2. The highest BCUT2D eigenvalue weighted by molar-refractivity contribution is 8.05. The highest BCUT2D eigenvalue weighted by Gasteiger charge is 2.41. The number of hydrogen-bond donors (Lipinski definition) is 1. The Kier molecular flexibility index (Phi) is 7.23. The number of carbonyl (C=O) groups is 2. The molecule has 1 fully saturated rings. The van der Waals surface area contributed by atoms with E-state index in [1.165, 1.54) is 29.2 Å². The van der Waals surface area contributed by atoms with E-state index >= 15 is 0 Å². The van der Waals surface area contributed by atoms with Crippen molar-refractivity contribution in [1.82, 2.24) is 0 Å². The maximum atomic E-state index is 13.5. The molecule has 0 unspecified atom stereocenters. The molecule has 4 rings (SSSR count). The van der Waals surface area contributed by atoms with E-state index in [2.05, 4.69) is 5.32 Å². The van der Waals surface area contributed by atoms with Crippen molar-refractivity contribution in [1.29, 1.82) is 5.26 Å². The standard InChI is InChI=1S/C25H16Cl2FN3O2S/c26-16-6-11-21(27)15(12-16)13-22-24(33)31(19-4-2-1-3-5-19)25(34-22)20(14-29)23(32)30-18-9-7-17(28)8-10-18/h1-12,22H,13H2,(H,30,32)/b25-20+/t22-/m1/s1. The normalized spacial score (nSPS) is 16.8. The molecular weight excluding hydrogens is 496 g/mol. The molecule has 5 nitrogen and oxygen atoms in total. The number of amides is 2. The minimum absolute atomic E-state index is 0.210. The summed E-state index contributed by atoms with van der Waals surface area (Å²) < 4.78 is 13.2. The van der Waals surface area contributed by atoms with Crippen LogP contribution in [0.15, 0.2) is 83.4 Å². The van der Waals surface area contributed by atoms with Gasteiger partial charge in [-0.05, 0) is 66.6 Å². The van der Waals surface area contributed by atoms with Crippen LogP contribution in [0.2, 0.25) is 10.0 Å². The molecule has 1 atom stereocenters. The number of nitrogens with zero attached hydrogens (tertiary/aromatic N) is 2. The molecule has 9 heteroatoms. The van der Waals surface area contributed by atoms with Gasteiger partial charge in [0.15, 0.2) is 0 Å². The van der Waals surface area contributed by atoms with Crippen molar-refractivity contribution in [3.63, 3.8) is 0 Å². The van der Waals surface area contributed by atoms with E-state index < -0.39 is 17.0 Å². The van der Waals surface area contributed by atoms with Gasteiger partial charge in [-0.2, -0.15) is 5.26 Å². The molecule has 0 aromatic heterocycles. The molecule has 1 aliphatic heterocycles. The summed E-state index contributed by atoms with van der Waals surface area (Å²) in [5, 5.41) is 13.0. The summed E-state index contributed by atoms with van der Waals surface area (Å²) in [5.74, 6) is -1.44. The minimum Gasteiger partial charge on any atom is -0.321 e. The summed E-state index contributed by atoms with van der Waals surface area (Å²) >= 11 is 13.5. The van der Waals surface area contributed by atoms with E-state index in [0.717, 1.165) is 11.8 Å². The third kappa shape index (κ3) is 5.10. The van der Waals surface area contributed by atoms with Gasteiger partial charge in [-0.25, -0.2) is 4.39 Å². The van der Waals surface area contributed by atoms with Crippen LogP contribution in [-0.2, 0) is 16.0 Å².